The molecule has 0 bridgehead atoms. The van der Waals surface area contributed by atoms with Crippen LogP contribution in [-0.2, 0) is 16.4 Å². The number of alkyl halides is 3. The SMILES string of the molecule is C[C@H]1CC[C@@H](COc2ccc(C(F)(F)F)cc2)CN1CC(=O)C1(c2ccc(Cl)cc2)CCC1. The molecule has 0 spiro atoms. The van der Waals surface area contributed by atoms with Gasteiger partial charge in [-0.05, 0) is 74.6 Å². The molecule has 7 heteroatoms. The zero-order valence-electron chi connectivity index (χ0n) is 18.7. The maximum atomic E-state index is 13.4. The lowest BCUT2D eigenvalue weighted by Crippen LogP contribution is -2.52. The number of hydrogen-bond donors (Lipinski definition) is 0. The molecule has 2 aliphatic rings. The Morgan fingerprint density at radius 3 is 2.33 bits per heavy atom. The number of carbonyl (C=O) groups excluding carboxylic acids is 1. The standard InChI is InChI=1S/C26H29ClF3NO2/c1-18-3-4-19(17-33-23-11-7-21(8-12-23)26(28,29)30)15-31(18)16-24(32)25(13-2-14-25)20-5-9-22(27)10-6-20/h5-12,18-19H,2-4,13-17H2,1H3/t18-,19+/m0/s1. The maximum absolute atomic E-state index is 13.4. The Morgan fingerprint density at radius 1 is 1.09 bits per heavy atom. The first-order valence-electron chi connectivity index (χ1n) is 11.5. The third-order valence-electron chi connectivity index (χ3n) is 7.26. The Bertz CT molecular complexity index is 955. The first-order chi connectivity index (χ1) is 15.7. The van der Waals surface area contributed by atoms with Gasteiger partial charge >= 0.3 is 6.18 Å². The quantitative estimate of drug-likeness (QED) is 0.452. The molecular formula is C26H29ClF3NO2. The average molecular weight is 480 g/mol. The minimum absolute atomic E-state index is 0.226. The molecule has 178 valence electrons. The van der Waals surface area contributed by atoms with Crippen molar-refractivity contribution >= 4 is 17.4 Å². The first kappa shape index (κ1) is 24.1. The number of likely N-dealkylation sites (tertiary alicyclic amines) is 1. The van der Waals surface area contributed by atoms with Crippen LogP contribution in [0, 0.1) is 5.92 Å². The van der Waals surface area contributed by atoms with Crippen LogP contribution in [0.15, 0.2) is 48.5 Å². The predicted molar refractivity (Wildman–Crippen MR) is 123 cm³/mol. The van der Waals surface area contributed by atoms with E-state index in [0.717, 1.165) is 56.3 Å². The highest BCUT2D eigenvalue weighted by molar-refractivity contribution is 6.30. The van der Waals surface area contributed by atoms with E-state index in [0.29, 0.717) is 30.0 Å². The third kappa shape index (κ3) is 5.38. The molecule has 1 aliphatic heterocycles. The van der Waals surface area contributed by atoms with Gasteiger partial charge in [0, 0.05) is 23.5 Å². The van der Waals surface area contributed by atoms with Crippen molar-refractivity contribution in [2.75, 3.05) is 19.7 Å². The summed E-state index contributed by atoms with van der Waals surface area (Å²) in [4.78, 5) is 15.7. The fraction of sp³-hybridized carbons (Fsp3) is 0.500. The van der Waals surface area contributed by atoms with Gasteiger partial charge in [0.15, 0.2) is 5.78 Å². The van der Waals surface area contributed by atoms with E-state index in [9.17, 15) is 18.0 Å². The van der Waals surface area contributed by atoms with Crippen LogP contribution < -0.4 is 4.74 Å². The molecule has 0 aromatic heterocycles. The lowest BCUT2D eigenvalue weighted by molar-refractivity contribution is -0.137. The Morgan fingerprint density at radius 2 is 1.76 bits per heavy atom. The van der Waals surface area contributed by atoms with E-state index in [1.165, 1.54) is 12.1 Å². The third-order valence-corrected chi connectivity index (χ3v) is 7.51. The summed E-state index contributed by atoms with van der Waals surface area (Å²) >= 11 is 6.04. The minimum atomic E-state index is -4.35. The topological polar surface area (TPSA) is 29.5 Å². The van der Waals surface area contributed by atoms with Crippen molar-refractivity contribution in [3.8, 4) is 5.75 Å². The Labute approximate surface area is 197 Å². The molecule has 1 heterocycles. The van der Waals surface area contributed by atoms with E-state index in [4.69, 9.17) is 16.3 Å². The van der Waals surface area contributed by atoms with E-state index >= 15 is 0 Å². The molecule has 0 amide bonds. The van der Waals surface area contributed by atoms with Crippen LogP contribution in [0.2, 0.25) is 5.02 Å². The molecule has 1 aliphatic carbocycles. The van der Waals surface area contributed by atoms with Gasteiger partial charge in [-0.25, -0.2) is 0 Å². The van der Waals surface area contributed by atoms with Crippen molar-refractivity contribution < 1.29 is 22.7 Å². The van der Waals surface area contributed by atoms with E-state index in [-0.39, 0.29) is 11.7 Å². The van der Waals surface area contributed by atoms with Crippen LogP contribution >= 0.6 is 11.6 Å². The zero-order chi connectivity index (χ0) is 23.6. The summed E-state index contributed by atoms with van der Waals surface area (Å²) in [6.45, 7) is 3.71. The normalized spacial score (nSPS) is 23.1. The molecule has 0 N–H and O–H groups in total. The highest BCUT2D eigenvalue weighted by Crippen LogP contribution is 2.45. The number of ketones is 1. The summed E-state index contributed by atoms with van der Waals surface area (Å²) in [5.74, 6) is 0.914. The van der Waals surface area contributed by atoms with Gasteiger partial charge in [0.1, 0.15) is 5.75 Å². The van der Waals surface area contributed by atoms with Crippen LogP contribution in [0.25, 0.3) is 0 Å². The van der Waals surface area contributed by atoms with E-state index in [2.05, 4.69) is 11.8 Å². The second-order valence-electron chi connectivity index (χ2n) is 9.42. The molecule has 2 aromatic carbocycles. The number of piperidine rings is 1. The number of carbonyl (C=O) groups is 1. The number of ether oxygens (including phenoxy) is 1. The van der Waals surface area contributed by atoms with E-state index in [1.54, 1.807) is 0 Å². The Kier molecular flexibility index (Phi) is 7.06. The Balaban J connectivity index is 1.35. The highest BCUT2D eigenvalue weighted by atomic mass is 35.5. The average Bonchev–Trinajstić information content (AvgIpc) is 2.74. The molecular weight excluding hydrogens is 451 g/mol. The summed E-state index contributed by atoms with van der Waals surface area (Å²) in [5.41, 5.74) is -0.0415. The summed E-state index contributed by atoms with van der Waals surface area (Å²) in [6, 6.07) is 12.8. The molecule has 3 nitrogen and oxygen atoms in total. The van der Waals surface area contributed by atoms with E-state index in [1.807, 2.05) is 24.3 Å². The summed E-state index contributed by atoms with van der Waals surface area (Å²) < 4.78 is 44.0. The van der Waals surface area contributed by atoms with E-state index < -0.39 is 17.2 Å². The predicted octanol–water partition coefficient (Wildman–Crippen LogP) is 6.53. The van der Waals surface area contributed by atoms with Crippen molar-refractivity contribution in [3.05, 3.63) is 64.7 Å². The highest BCUT2D eigenvalue weighted by Gasteiger charge is 2.46. The van der Waals surface area contributed by atoms with Crippen LogP contribution in [0.3, 0.4) is 0 Å². The van der Waals surface area contributed by atoms with Crippen LogP contribution in [0.1, 0.15) is 50.2 Å². The summed E-state index contributed by atoms with van der Waals surface area (Å²) in [7, 11) is 0. The number of rotatable bonds is 7. The lowest BCUT2D eigenvalue weighted by atomic mass is 9.61. The van der Waals surface area contributed by atoms with Gasteiger partial charge in [0.05, 0.1) is 24.1 Å². The number of Topliss-reactive ketones (excluding diaryl/α,β-unsaturated/α-hetero) is 1. The first-order valence-corrected chi connectivity index (χ1v) is 11.9. The van der Waals surface area contributed by atoms with Crippen LogP contribution in [0.5, 0.6) is 5.75 Å². The second kappa shape index (κ2) is 9.67. The fourth-order valence-electron chi connectivity index (χ4n) is 4.94. The number of nitrogens with zero attached hydrogens (tertiary/aromatic N) is 1. The molecule has 1 saturated carbocycles. The van der Waals surface area contributed by atoms with Gasteiger partial charge in [0.25, 0.3) is 0 Å². The molecule has 0 unspecified atom stereocenters. The number of halogens is 4. The molecule has 2 fully saturated rings. The Hall–Kier alpha value is -2.05. The number of benzene rings is 2. The molecule has 1 saturated heterocycles. The van der Waals surface area contributed by atoms with Crippen molar-refractivity contribution in [3.63, 3.8) is 0 Å². The van der Waals surface area contributed by atoms with Gasteiger partial charge in [-0.15, -0.1) is 0 Å². The maximum Gasteiger partial charge on any atom is 0.416 e. The van der Waals surface area contributed by atoms with Crippen molar-refractivity contribution in [1.29, 1.82) is 0 Å². The molecule has 4 rings (SSSR count). The van der Waals surface area contributed by atoms with Crippen molar-refractivity contribution in [2.24, 2.45) is 5.92 Å². The number of hydrogen-bond acceptors (Lipinski definition) is 3. The smallest absolute Gasteiger partial charge is 0.416 e. The van der Waals surface area contributed by atoms with Crippen LogP contribution in [0.4, 0.5) is 13.2 Å². The largest absolute Gasteiger partial charge is 0.493 e. The van der Waals surface area contributed by atoms with Gasteiger partial charge in [-0.3, -0.25) is 9.69 Å². The van der Waals surface area contributed by atoms with Crippen molar-refractivity contribution in [1.82, 2.24) is 4.90 Å². The van der Waals surface area contributed by atoms with Crippen molar-refractivity contribution in [2.45, 2.75) is 56.7 Å². The zero-order valence-corrected chi connectivity index (χ0v) is 19.5. The minimum Gasteiger partial charge on any atom is -0.493 e. The molecule has 2 atom stereocenters. The van der Waals surface area contributed by atoms with Gasteiger partial charge < -0.3 is 4.74 Å². The monoisotopic (exact) mass is 479 g/mol. The summed E-state index contributed by atoms with van der Waals surface area (Å²) in [5, 5.41) is 0.668. The van der Waals surface area contributed by atoms with Gasteiger partial charge in [-0.1, -0.05) is 30.2 Å². The fourth-order valence-corrected chi connectivity index (χ4v) is 5.06. The van der Waals surface area contributed by atoms with Gasteiger partial charge in [0.2, 0.25) is 0 Å². The second-order valence-corrected chi connectivity index (χ2v) is 9.86. The van der Waals surface area contributed by atoms with Gasteiger partial charge in [-0.2, -0.15) is 13.2 Å². The van der Waals surface area contributed by atoms with Crippen LogP contribution in [-0.4, -0.2) is 36.4 Å². The molecule has 0 radical (unpaired) electrons. The summed E-state index contributed by atoms with van der Waals surface area (Å²) in [6.07, 6.45) is 0.367. The molecule has 33 heavy (non-hydrogen) atoms. The lowest BCUT2D eigenvalue weighted by Gasteiger charge is -2.44. The molecule has 2 aromatic rings.